The Morgan fingerprint density at radius 3 is 2.83 bits per heavy atom. The highest BCUT2D eigenvalue weighted by Gasteiger charge is 2.15. The number of nitro groups is 1. The Morgan fingerprint density at radius 2 is 2.17 bits per heavy atom. The number of benzene rings is 1. The maximum atomic E-state index is 13.2. The third-order valence-corrected chi connectivity index (χ3v) is 3.46. The van der Waals surface area contributed by atoms with E-state index >= 15 is 0 Å². The first-order chi connectivity index (χ1) is 10.8. The number of hydrogen-bond donors (Lipinski definition) is 2. The van der Waals surface area contributed by atoms with Crippen LogP contribution in [0.5, 0.6) is 0 Å². The van der Waals surface area contributed by atoms with Gasteiger partial charge in [0.1, 0.15) is 5.82 Å². The zero-order valence-corrected chi connectivity index (χ0v) is 12.8. The number of nitro benzene ring substituents is 1. The van der Waals surface area contributed by atoms with Crippen LogP contribution in [0.25, 0.3) is 0 Å². The molecule has 0 aliphatic carbocycles. The predicted molar refractivity (Wildman–Crippen MR) is 83.6 cm³/mol. The molecule has 0 aliphatic rings. The van der Waals surface area contributed by atoms with Gasteiger partial charge in [0.05, 0.1) is 10.7 Å². The number of amides is 1. The van der Waals surface area contributed by atoms with Gasteiger partial charge in [-0.25, -0.2) is 9.97 Å². The molecule has 10 heteroatoms. The minimum atomic E-state index is -0.967. The normalized spacial score (nSPS) is 10.3. The molecule has 1 aromatic carbocycles. The van der Waals surface area contributed by atoms with E-state index in [1.807, 2.05) is 0 Å². The number of nitrogens with one attached hydrogen (secondary N) is 1. The van der Waals surface area contributed by atoms with Gasteiger partial charge in [-0.15, -0.1) is 0 Å². The molecule has 3 N–H and O–H groups in total. The van der Waals surface area contributed by atoms with Crippen LogP contribution in [0.2, 0.25) is 0 Å². The maximum Gasteiger partial charge on any atom is 0.306 e. The Kier molecular flexibility index (Phi) is 5.06. The summed E-state index contributed by atoms with van der Waals surface area (Å²) in [6.07, 6.45) is 0. The Hall–Kier alpha value is -2.75. The van der Waals surface area contributed by atoms with Gasteiger partial charge in [-0.1, -0.05) is 11.8 Å². The number of aromatic nitrogens is 2. The van der Waals surface area contributed by atoms with Crippen LogP contribution in [-0.2, 0) is 4.79 Å². The van der Waals surface area contributed by atoms with Gasteiger partial charge in [0.2, 0.25) is 11.7 Å². The fraction of sp³-hybridized carbons (Fsp3) is 0.154. The fourth-order valence-corrected chi connectivity index (χ4v) is 2.40. The van der Waals surface area contributed by atoms with Crippen LogP contribution < -0.4 is 11.1 Å². The van der Waals surface area contributed by atoms with Gasteiger partial charge < -0.3 is 11.1 Å². The van der Waals surface area contributed by atoms with Crippen molar-refractivity contribution in [2.24, 2.45) is 0 Å². The molecule has 0 saturated carbocycles. The Balaban J connectivity index is 1.99. The van der Waals surface area contributed by atoms with Gasteiger partial charge in [0, 0.05) is 23.5 Å². The first-order valence-electron chi connectivity index (χ1n) is 6.33. The SMILES string of the molecule is Cc1cc(N)nc(SCC(=O)Nc2ccc(F)c([N+](=O)[O-])c2)n1. The number of carbonyl (C=O) groups excluding carboxylic acids is 1. The monoisotopic (exact) mass is 337 g/mol. The molecule has 0 spiro atoms. The van der Waals surface area contributed by atoms with E-state index in [2.05, 4.69) is 15.3 Å². The molecule has 1 heterocycles. The van der Waals surface area contributed by atoms with E-state index in [1.165, 1.54) is 6.07 Å². The summed E-state index contributed by atoms with van der Waals surface area (Å²) < 4.78 is 13.2. The van der Waals surface area contributed by atoms with E-state index in [-0.39, 0.29) is 11.4 Å². The maximum absolute atomic E-state index is 13.2. The number of aryl methyl sites for hydroxylation is 1. The zero-order valence-electron chi connectivity index (χ0n) is 11.9. The van der Waals surface area contributed by atoms with Gasteiger partial charge in [-0.05, 0) is 19.1 Å². The molecular weight excluding hydrogens is 325 g/mol. The van der Waals surface area contributed by atoms with Gasteiger partial charge in [0.25, 0.3) is 0 Å². The highest BCUT2D eigenvalue weighted by molar-refractivity contribution is 7.99. The molecule has 0 aliphatic heterocycles. The molecule has 0 unspecified atom stereocenters. The van der Waals surface area contributed by atoms with Crippen LogP contribution in [0.3, 0.4) is 0 Å². The van der Waals surface area contributed by atoms with Crippen molar-refractivity contribution < 1.29 is 14.1 Å². The number of hydrogen-bond acceptors (Lipinski definition) is 7. The third-order valence-electron chi connectivity index (χ3n) is 2.61. The molecule has 23 heavy (non-hydrogen) atoms. The van der Waals surface area contributed by atoms with Crippen molar-refractivity contribution in [2.75, 3.05) is 16.8 Å². The number of carbonyl (C=O) groups is 1. The Bertz CT molecular complexity index is 751. The van der Waals surface area contributed by atoms with E-state index in [0.29, 0.717) is 16.7 Å². The van der Waals surface area contributed by atoms with Crippen molar-refractivity contribution in [3.05, 3.63) is 45.9 Å². The summed E-state index contributed by atoms with van der Waals surface area (Å²) in [7, 11) is 0. The standard InChI is InChI=1S/C13H12FN5O3S/c1-7-4-11(15)18-13(16-7)23-6-12(20)17-8-2-3-9(14)10(5-8)19(21)22/h2-5H,6H2,1H3,(H,17,20)(H2,15,16,18). The number of nitrogens with zero attached hydrogens (tertiary/aromatic N) is 3. The molecule has 1 amide bonds. The van der Waals surface area contributed by atoms with Crippen LogP contribution >= 0.6 is 11.8 Å². The minimum absolute atomic E-state index is 0.0198. The van der Waals surface area contributed by atoms with Crippen LogP contribution in [0, 0.1) is 22.9 Å². The van der Waals surface area contributed by atoms with Crippen molar-refractivity contribution in [3.63, 3.8) is 0 Å². The summed E-state index contributed by atoms with van der Waals surface area (Å²) in [5.74, 6) is -1.12. The topological polar surface area (TPSA) is 124 Å². The van der Waals surface area contributed by atoms with E-state index in [9.17, 15) is 19.3 Å². The van der Waals surface area contributed by atoms with E-state index in [1.54, 1.807) is 13.0 Å². The van der Waals surface area contributed by atoms with E-state index < -0.39 is 22.3 Å². The smallest absolute Gasteiger partial charge is 0.306 e. The molecular formula is C13H12FN5O3S. The van der Waals surface area contributed by atoms with E-state index in [0.717, 1.165) is 23.9 Å². The lowest BCUT2D eigenvalue weighted by Crippen LogP contribution is -2.14. The Morgan fingerprint density at radius 1 is 1.43 bits per heavy atom. The van der Waals surface area contributed by atoms with Crippen molar-refractivity contribution in [3.8, 4) is 0 Å². The second-order valence-electron chi connectivity index (χ2n) is 4.48. The highest BCUT2D eigenvalue weighted by Crippen LogP contribution is 2.22. The second-order valence-corrected chi connectivity index (χ2v) is 5.42. The van der Waals surface area contributed by atoms with Gasteiger partial charge in [0.15, 0.2) is 5.16 Å². The van der Waals surface area contributed by atoms with Crippen LogP contribution in [0.15, 0.2) is 29.4 Å². The van der Waals surface area contributed by atoms with E-state index in [4.69, 9.17) is 5.73 Å². The van der Waals surface area contributed by atoms with Crippen LogP contribution in [0.1, 0.15) is 5.69 Å². The van der Waals surface area contributed by atoms with Crippen LogP contribution in [0.4, 0.5) is 21.6 Å². The van der Waals surface area contributed by atoms with Crippen molar-refractivity contribution >= 4 is 34.9 Å². The largest absolute Gasteiger partial charge is 0.384 e. The third kappa shape index (κ3) is 4.61. The minimum Gasteiger partial charge on any atom is -0.384 e. The number of halogens is 1. The molecule has 2 aromatic rings. The molecule has 0 fully saturated rings. The summed E-state index contributed by atoms with van der Waals surface area (Å²) in [6.45, 7) is 1.75. The average Bonchev–Trinajstić information content (AvgIpc) is 2.46. The molecule has 120 valence electrons. The number of nitrogen functional groups attached to an aromatic ring is 1. The molecule has 0 saturated heterocycles. The van der Waals surface area contributed by atoms with Crippen molar-refractivity contribution in [1.29, 1.82) is 0 Å². The van der Waals surface area contributed by atoms with Crippen LogP contribution in [-0.4, -0.2) is 26.6 Å². The fourth-order valence-electron chi connectivity index (χ4n) is 1.69. The van der Waals surface area contributed by atoms with Crippen molar-refractivity contribution in [2.45, 2.75) is 12.1 Å². The number of anilines is 2. The summed E-state index contributed by atoms with van der Waals surface area (Å²) in [5, 5.41) is 13.5. The molecule has 0 bridgehead atoms. The lowest BCUT2D eigenvalue weighted by atomic mass is 10.2. The number of thioether (sulfide) groups is 1. The van der Waals surface area contributed by atoms with Gasteiger partial charge >= 0.3 is 5.69 Å². The predicted octanol–water partition coefficient (Wildman–Crippen LogP) is 2.15. The molecule has 2 rings (SSSR count). The number of nitrogens with two attached hydrogens (primary N) is 1. The van der Waals surface area contributed by atoms with Gasteiger partial charge in [-0.3, -0.25) is 14.9 Å². The van der Waals surface area contributed by atoms with Crippen molar-refractivity contribution in [1.82, 2.24) is 9.97 Å². The van der Waals surface area contributed by atoms with Gasteiger partial charge in [-0.2, -0.15) is 4.39 Å². The Labute approximate surface area is 134 Å². The summed E-state index contributed by atoms with van der Waals surface area (Å²) in [4.78, 5) is 29.7. The second kappa shape index (κ2) is 7.01. The lowest BCUT2D eigenvalue weighted by molar-refractivity contribution is -0.387. The molecule has 0 radical (unpaired) electrons. The quantitative estimate of drug-likeness (QED) is 0.371. The first-order valence-corrected chi connectivity index (χ1v) is 7.31. The lowest BCUT2D eigenvalue weighted by Gasteiger charge is -2.05. The summed E-state index contributed by atoms with van der Waals surface area (Å²) in [6, 6.07) is 4.72. The highest BCUT2D eigenvalue weighted by atomic mass is 32.2. The number of rotatable bonds is 5. The first kappa shape index (κ1) is 16.6. The zero-order chi connectivity index (χ0) is 17.0. The summed E-state index contributed by atoms with van der Waals surface area (Å²) >= 11 is 1.07. The molecule has 8 nitrogen and oxygen atoms in total. The molecule has 1 aromatic heterocycles. The summed E-state index contributed by atoms with van der Waals surface area (Å²) in [5.41, 5.74) is 5.69. The molecule has 0 atom stereocenters. The average molecular weight is 337 g/mol.